The number of rotatable bonds is 7. The minimum Gasteiger partial charge on any atom is -0.387 e. The Morgan fingerprint density at radius 2 is 1.80 bits per heavy atom. The maximum atomic E-state index is 12.4. The van der Waals surface area contributed by atoms with E-state index in [4.69, 9.17) is 9.26 Å². The van der Waals surface area contributed by atoms with Crippen molar-refractivity contribution in [2.45, 2.75) is 38.4 Å². The Kier molecular flexibility index (Phi) is 7.34. The summed E-state index contributed by atoms with van der Waals surface area (Å²) in [5.41, 5.74) is 1.73. The molecule has 0 aromatic carbocycles. The SMILES string of the molecule is CC(C)=CCNc1ncnc2c1ncn2[C@@H]1O[C@H](COP2(=O)OP(=O)(O)OP(=O)(O)O2)C(O)[C@@H]1O. The molecule has 194 valence electrons. The van der Waals surface area contributed by atoms with Gasteiger partial charge in [-0.2, -0.15) is 12.9 Å². The van der Waals surface area contributed by atoms with Crippen LogP contribution in [0.15, 0.2) is 24.3 Å². The van der Waals surface area contributed by atoms with Crippen LogP contribution in [-0.4, -0.2) is 71.0 Å². The maximum Gasteiger partial charge on any atom is 0.492 e. The highest BCUT2D eigenvalue weighted by molar-refractivity contribution is 7.74. The fourth-order valence-corrected chi connectivity index (χ4v) is 8.19. The summed E-state index contributed by atoms with van der Waals surface area (Å²) in [6.07, 6.45) is -1.22. The van der Waals surface area contributed by atoms with E-state index in [0.717, 1.165) is 5.57 Å². The van der Waals surface area contributed by atoms with Crippen molar-refractivity contribution in [3.05, 3.63) is 24.3 Å². The van der Waals surface area contributed by atoms with Crippen molar-refractivity contribution in [3.63, 3.8) is 0 Å². The first-order valence-corrected chi connectivity index (χ1v) is 14.3. The third-order valence-electron chi connectivity index (χ3n) is 4.76. The Morgan fingerprint density at radius 3 is 2.46 bits per heavy atom. The van der Waals surface area contributed by atoms with Crippen LogP contribution in [0.5, 0.6) is 0 Å². The van der Waals surface area contributed by atoms with Gasteiger partial charge in [0.15, 0.2) is 23.2 Å². The van der Waals surface area contributed by atoms with E-state index >= 15 is 0 Å². The third-order valence-corrected chi connectivity index (χ3v) is 10.1. The largest absolute Gasteiger partial charge is 0.492 e. The van der Waals surface area contributed by atoms with Gasteiger partial charge in [0, 0.05) is 6.54 Å². The Hall–Kier alpha value is -1.58. The molecule has 2 aliphatic rings. The topological polar surface area (TPSA) is 234 Å². The second kappa shape index (κ2) is 9.71. The van der Waals surface area contributed by atoms with Crippen molar-refractivity contribution in [1.29, 1.82) is 0 Å². The van der Waals surface area contributed by atoms with Gasteiger partial charge in [-0.15, -0.1) is 0 Å². The van der Waals surface area contributed by atoms with Crippen molar-refractivity contribution in [3.8, 4) is 0 Å². The molecule has 0 spiro atoms. The second-order valence-electron chi connectivity index (χ2n) is 7.68. The van der Waals surface area contributed by atoms with Crippen molar-refractivity contribution in [2.24, 2.45) is 0 Å². The molecule has 4 rings (SSSR count). The van der Waals surface area contributed by atoms with Crippen molar-refractivity contribution >= 4 is 40.4 Å². The molecule has 2 aliphatic heterocycles. The molecule has 17 nitrogen and oxygen atoms in total. The number of aliphatic hydroxyl groups excluding tert-OH is 2. The lowest BCUT2D eigenvalue weighted by Gasteiger charge is -2.27. The Morgan fingerprint density at radius 1 is 1.11 bits per heavy atom. The molecule has 0 amide bonds. The molecule has 35 heavy (non-hydrogen) atoms. The third kappa shape index (κ3) is 5.88. The van der Waals surface area contributed by atoms with E-state index in [1.165, 1.54) is 17.2 Å². The molecule has 20 heteroatoms. The number of fused-ring (bicyclic) bond motifs is 1. The van der Waals surface area contributed by atoms with Gasteiger partial charge in [0.1, 0.15) is 24.6 Å². The van der Waals surface area contributed by atoms with Crippen LogP contribution in [0.3, 0.4) is 0 Å². The molecule has 0 saturated carbocycles. The fourth-order valence-electron chi connectivity index (χ4n) is 3.26. The molecule has 0 aliphatic carbocycles. The predicted octanol–water partition coefficient (Wildman–Crippen LogP) is 1.21. The standard InChI is InChI=1S/C15H22N5O12P3/c1-8(2)3-4-16-13-10-14(18-6-17-13)20(7-19-10)15-12(22)11(21)9(29-15)5-28-35(27)31-33(23,24)30-34(25,26)32-35/h3,6-7,9,11-12,15,21-22H,4-5H2,1-2H3,(H,23,24)(H,25,26)(H,16,17,18)/t9-,11?,12+,15-/m1/s1. The monoisotopic (exact) mass is 557 g/mol. The first-order chi connectivity index (χ1) is 16.3. The van der Waals surface area contributed by atoms with Gasteiger partial charge in [-0.25, -0.2) is 28.6 Å². The van der Waals surface area contributed by atoms with E-state index in [2.05, 4.69) is 33.2 Å². The Labute approximate surface area is 197 Å². The molecule has 0 bridgehead atoms. The molecule has 2 aromatic heterocycles. The molecule has 0 radical (unpaired) electrons. The Bertz CT molecular complexity index is 1250. The highest BCUT2D eigenvalue weighted by Gasteiger charge is 2.55. The zero-order valence-electron chi connectivity index (χ0n) is 18.1. The zero-order valence-corrected chi connectivity index (χ0v) is 20.8. The summed E-state index contributed by atoms with van der Waals surface area (Å²) in [6.45, 7) is 3.54. The van der Waals surface area contributed by atoms with E-state index in [9.17, 15) is 33.7 Å². The van der Waals surface area contributed by atoms with Crippen molar-refractivity contribution in [1.82, 2.24) is 19.5 Å². The van der Waals surface area contributed by atoms with Crippen molar-refractivity contribution < 1.29 is 55.9 Å². The van der Waals surface area contributed by atoms with Crippen molar-refractivity contribution in [2.75, 3.05) is 18.5 Å². The van der Waals surface area contributed by atoms with Crippen LogP contribution in [0.2, 0.25) is 0 Å². The molecular formula is C15H22N5O12P3. The number of ether oxygens (including phenoxy) is 1. The van der Waals surface area contributed by atoms with E-state index in [-0.39, 0.29) is 5.65 Å². The molecule has 5 N–H and O–H groups in total. The number of allylic oxidation sites excluding steroid dienone is 1. The van der Waals surface area contributed by atoms with Gasteiger partial charge in [-0.3, -0.25) is 9.09 Å². The summed E-state index contributed by atoms with van der Waals surface area (Å²) < 4.78 is 59.3. The molecule has 3 unspecified atom stereocenters. The predicted molar refractivity (Wildman–Crippen MR) is 116 cm³/mol. The maximum absolute atomic E-state index is 12.4. The van der Waals surface area contributed by atoms with Crippen LogP contribution >= 0.6 is 23.5 Å². The summed E-state index contributed by atoms with van der Waals surface area (Å²) in [7, 11) is -15.5. The smallest absolute Gasteiger partial charge is 0.387 e. The molecule has 2 saturated heterocycles. The van der Waals surface area contributed by atoms with Crippen LogP contribution in [0.4, 0.5) is 5.82 Å². The van der Waals surface area contributed by atoms with E-state index in [0.29, 0.717) is 17.9 Å². The first-order valence-electron chi connectivity index (χ1n) is 9.90. The number of anilines is 1. The summed E-state index contributed by atoms with van der Waals surface area (Å²) in [4.78, 5) is 31.1. The number of aliphatic hydroxyl groups is 2. The minimum absolute atomic E-state index is 0.267. The molecule has 2 aromatic rings. The number of hydrogen-bond donors (Lipinski definition) is 5. The number of hydrogen-bond acceptors (Lipinski definition) is 14. The van der Waals surface area contributed by atoms with E-state index in [1.807, 2.05) is 19.9 Å². The lowest BCUT2D eigenvalue weighted by molar-refractivity contribution is -0.0506. The van der Waals surface area contributed by atoms with Crippen LogP contribution < -0.4 is 5.32 Å². The average Bonchev–Trinajstić information content (AvgIpc) is 3.26. The lowest BCUT2D eigenvalue weighted by Crippen LogP contribution is -2.33. The average molecular weight is 557 g/mol. The summed E-state index contributed by atoms with van der Waals surface area (Å²) in [5.74, 6) is 0.424. The number of nitrogens with one attached hydrogen (secondary N) is 1. The quantitative estimate of drug-likeness (QED) is 0.238. The van der Waals surface area contributed by atoms with Gasteiger partial charge in [0.05, 0.1) is 12.9 Å². The summed E-state index contributed by atoms with van der Waals surface area (Å²) >= 11 is 0. The highest BCUT2D eigenvalue weighted by atomic mass is 31.3. The lowest BCUT2D eigenvalue weighted by atomic mass is 10.1. The van der Waals surface area contributed by atoms with E-state index in [1.54, 1.807) is 0 Å². The molecule has 2 fully saturated rings. The minimum atomic E-state index is -5.23. The summed E-state index contributed by atoms with van der Waals surface area (Å²) in [5, 5.41) is 24.0. The summed E-state index contributed by atoms with van der Waals surface area (Å²) in [6, 6.07) is 0. The fraction of sp³-hybridized carbons (Fsp3) is 0.533. The van der Waals surface area contributed by atoms with Crippen LogP contribution in [0.1, 0.15) is 20.1 Å². The van der Waals surface area contributed by atoms with Gasteiger partial charge in [-0.05, 0) is 13.8 Å². The number of aromatic nitrogens is 4. The van der Waals surface area contributed by atoms with Crippen LogP contribution in [-0.2, 0) is 35.9 Å². The van der Waals surface area contributed by atoms with E-state index < -0.39 is 54.6 Å². The van der Waals surface area contributed by atoms with Gasteiger partial charge < -0.3 is 30.1 Å². The van der Waals surface area contributed by atoms with Crippen LogP contribution in [0, 0.1) is 0 Å². The molecule has 6 atom stereocenters. The normalized spacial score (nSPS) is 37.4. The molecular weight excluding hydrogens is 535 g/mol. The van der Waals surface area contributed by atoms with Gasteiger partial charge in [0.2, 0.25) is 0 Å². The number of nitrogens with zero attached hydrogens (tertiary/aromatic N) is 4. The number of imidazole rings is 1. The molecule has 4 heterocycles. The first kappa shape index (κ1) is 26.5. The Balaban J connectivity index is 1.50. The van der Waals surface area contributed by atoms with Gasteiger partial charge in [0.25, 0.3) is 0 Å². The zero-order chi connectivity index (χ0) is 25.6. The van der Waals surface area contributed by atoms with Gasteiger partial charge >= 0.3 is 23.5 Å². The van der Waals surface area contributed by atoms with Crippen LogP contribution in [0.25, 0.3) is 11.2 Å². The van der Waals surface area contributed by atoms with Gasteiger partial charge in [-0.1, -0.05) is 11.6 Å². The number of phosphoric acid groups is 3. The highest BCUT2D eigenvalue weighted by Crippen LogP contribution is 2.80. The second-order valence-corrected chi connectivity index (χ2v) is 12.7.